The van der Waals surface area contributed by atoms with Gasteiger partial charge in [0, 0.05) is 24.8 Å². The lowest BCUT2D eigenvalue weighted by Crippen LogP contribution is -2.53. The molecule has 1 fully saturated rings. The third-order valence-corrected chi connectivity index (χ3v) is 6.40. The lowest BCUT2D eigenvalue weighted by molar-refractivity contribution is -0.134. The molecule has 0 bridgehead atoms. The summed E-state index contributed by atoms with van der Waals surface area (Å²) in [5, 5.41) is 7.67. The van der Waals surface area contributed by atoms with E-state index in [0.717, 1.165) is 43.5 Å². The van der Waals surface area contributed by atoms with Crippen LogP contribution in [0, 0.1) is 19.8 Å². The molecule has 2 amide bonds. The maximum atomic E-state index is 13.0. The van der Waals surface area contributed by atoms with Crippen molar-refractivity contribution in [2.24, 2.45) is 5.92 Å². The van der Waals surface area contributed by atoms with E-state index in [0.29, 0.717) is 31.0 Å². The van der Waals surface area contributed by atoms with Gasteiger partial charge < -0.3 is 15.0 Å². The number of rotatable bonds is 2. The number of nitrogens with zero attached hydrogens (tertiary/aromatic N) is 3. The predicted molar refractivity (Wildman–Crippen MR) is 118 cm³/mol. The number of benzene rings is 1. The molecule has 166 valence electrons. The third kappa shape index (κ3) is 5.09. The molecule has 1 aromatic heterocycles. The van der Waals surface area contributed by atoms with Crippen LogP contribution >= 0.6 is 0 Å². The standard InChI is InChI=1S/C24H32N4O3/c1-17-14-18(2)28(26-17)16-23(29)27-12-11-21-19(15-27)8-4-3-7-13-31-22-10-6-5-9-20(22)24(30)25-21/h5-6,9-10,14,19,21H,3-4,7-8,11-13,15-16H2,1-2H3,(H,25,30)/t19-,21+/m0/s1. The van der Waals surface area contributed by atoms with Crippen molar-refractivity contribution in [1.82, 2.24) is 20.0 Å². The maximum absolute atomic E-state index is 13.0. The highest BCUT2D eigenvalue weighted by Gasteiger charge is 2.33. The van der Waals surface area contributed by atoms with Gasteiger partial charge in [-0.15, -0.1) is 0 Å². The van der Waals surface area contributed by atoms with E-state index in [9.17, 15) is 9.59 Å². The lowest BCUT2D eigenvalue weighted by atomic mass is 9.87. The first kappa shape index (κ1) is 21.4. The zero-order chi connectivity index (χ0) is 21.8. The molecule has 0 radical (unpaired) electrons. The number of hydrogen-bond donors (Lipinski definition) is 1. The van der Waals surface area contributed by atoms with Crippen molar-refractivity contribution in [3.63, 3.8) is 0 Å². The van der Waals surface area contributed by atoms with E-state index in [1.165, 1.54) is 0 Å². The molecule has 31 heavy (non-hydrogen) atoms. The lowest BCUT2D eigenvalue weighted by Gasteiger charge is -2.39. The maximum Gasteiger partial charge on any atom is 0.255 e. The number of piperidine rings is 1. The molecule has 1 N–H and O–H groups in total. The summed E-state index contributed by atoms with van der Waals surface area (Å²) in [6.45, 7) is 6.14. The van der Waals surface area contributed by atoms with Gasteiger partial charge in [0.15, 0.2) is 0 Å². The fourth-order valence-electron chi connectivity index (χ4n) is 4.70. The first-order valence-corrected chi connectivity index (χ1v) is 11.3. The van der Waals surface area contributed by atoms with E-state index >= 15 is 0 Å². The Kier molecular flexibility index (Phi) is 6.59. The van der Waals surface area contributed by atoms with Crippen LogP contribution in [0.1, 0.15) is 53.8 Å². The summed E-state index contributed by atoms with van der Waals surface area (Å²) in [4.78, 5) is 27.9. The normalized spacial score (nSPS) is 22.3. The Morgan fingerprint density at radius 3 is 2.84 bits per heavy atom. The molecule has 7 nitrogen and oxygen atoms in total. The smallest absolute Gasteiger partial charge is 0.255 e. The Bertz CT molecular complexity index is 939. The molecule has 0 aliphatic carbocycles. The van der Waals surface area contributed by atoms with Crippen LogP contribution in [0.15, 0.2) is 30.3 Å². The highest BCUT2D eigenvalue weighted by atomic mass is 16.5. The fraction of sp³-hybridized carbons (Fsp3) is 0.542. The average molecular weight is 425 g/mol. The van der Waals surface area contributed by atoms with Gasteiger partial charge in [-0.25, -0.2) is 0 Å². The SMILES string of the molecule is Cc1cc(C)n(CC(=O)N2CC[C@H]3NC(=O)c4ccccc4OCCCCC[C@H]3C2)n1. The summed E-state index contributed by atoms with van der Waals surface area (Å²) in [6, 6.07) is 9.50. The number of amides is 2. The molecule has 1 saturated heterocycles. The number of aryl methyl sites for hydroxylation is 2. The summed E-state index contributed by atoms with van der Waals surface area (Å²) in [5.74, 6) is 0.915. The first-order chi connectivity index (χ1) is 15.0. The van der Waals surface area contributed by atoms with Crippen LogP contribution in [0.4, 0.5) is 0 Å². The van der Waals surface area contributed by atoms with E-state index in [1.807, 2.05) is 49.1 Å². The van der Waals surface area contributed by atoms with Crippen LogP contribution < -0.4 is 10.1 Å². The van der Waals surface area contributed by atoms with Gasteiger partial charge in [0.05, 0.1) is 17.9 Å². The van der Waals surface area contributed by atoms with Gasteiger partial charge in [-0.2, -0.15) is 5.10 Å². The summed E-state index contributed by atoms with van der Waals surface area (Å²) < 4.78 is 7.64. The Hall–Kier alpha value is -2.83. The molecular formula is C24H32N4O3. The first-order valence-electron chi connectivity index (χ1n) is 11.3. The third-order valence-electron chi connectivity index (χ3n) is 6.40. The molecule has 4 rings (SSSR count). The van der Waals surface area contributed by atoms with E-state index in [-0.39, 0.29) is 30.3 Å². The highest BCUT2D eigenvalue weighted by Crippen LogP contribution is 2.26. The van der Waals surface area contributed by atoms with Gasteiger partial charge in [0.1, 0.15) is 12.3 Å². The van der Waals surface area contributed by atoms with Crippen molar-refractivity contribution in [2.75, 3.05) is 19.7 Å². The summed E-state index contributed by atoms with van der Waals surface area (Å²) >= 11 is 0. The summed E-state index contributed by atoms with van der Waals surface area (Å²) in [6.07, 6.45) is 4.88. The number of carbonyl (C=O) groups is 2. The molecule has 0 spiro atoms. The van der Waals surface area contributed by atoms with Crippen LogP contribution in [-0.2, 0) is 11.3 Å². The topological polar surface area (TPSA) is 76.5 Å². The number of para-hydroxylation sites is 1. The Morgan fingerprint density at radius 2 is 2.03 bits per heavy atom. The van der Waals surface area contributed by atoms with E-state index in [1.54, 1.807) is 4.68 Å². The van der Waals surface area contributed by atoms with Crippen LogP contribution in [0.2, 0.25) is 0 Å². The molecule has 2 aliphatic heterocycles. The van der Waals surface area contributed by atoms with Crippen LogP contribution in [0.25, 0.3) is 0 Å². The van der Waals surface area contributed by atoms with E-state index in [4.69, 9.17) is 4.74 Å². The number of hydrogen-bond acceptors (Lipinski definition) is 4. The number of fused-ring (bicyclic) bond motifs is 2. The minimum absolute atomic E-state index is 0.0673. The largest absolute Gasteiger partial charge is 0.493 e. The Labute approximate surface area is 183 Å². The second-order valence-electron chi connectivity index (χ2n) is 8.75. The minimum Gasteiger partial charge on any atom is -0.493 e. The van der Waals surface area contributed by atoms with Crippen molar-refractivity contribution in [2.45, 2.75) is 58.5 Å². The summed E-state index contributed by atoms with van der Waals surface area (Å²) in [7, 11) is 0. The van der Waals surface area contributed by atoms with Gasteiger partial charge in [-0.1, -0.05) is 25.0 Å². The molecule has 2 aliphatic rings. The molecule has 7 heteroatoms. The number of likely N-dealkylation sites (tertiary alicyclic amines) is 1. The monoisotopic (exact) mass is 424 g/mol. The number of carbonyl (C=O) groups excluding carboxylic acids is 2. The quantitative estimate of drug-likeness (QED) is 0.804. The minimum atomic E-state index is -0.0893. The number of nitrogens with one attached hydrogen (secondary N) is 1. The van der Waals surface area contributed by atoms with Gasteiger partial charge in [0.2, 0.25) is 5.91 Å². The zero-order valence-electron chi connectivity index (χ0n) is 18.5. The van der Waals surface area contributed by atoms with Gasteiger partial charge in [-0.3, -0.25) is 14.3 Å². The molecule has 0 saturated carbocycles. The van der Waals surface area contributed by atoms with Gasteiger partial charge >= 0.3 is 0 Å². The Balaban J connectivity index is 1.46. The van der Waals surface area contributed by atoms with Crippen molar-refractivity contribution in [3.05, 3.63) is 47.3 Å². The van der Waals surface area contributed by atoms with E-state index < -0.39 is 0 Å². The molecule has 3 heterocycles. The van der Waals surface area contributed by atoms with Crippen LogP contribution in [-0.4, -0.2) is 52.2 Å². The van der Waals surface area contributed by atoms with Crippen LogP contribution in [0.5, 0.6) is 5.75 Å². The van der Waals surface area contributed by atoms with Crippen molar-refractivity contribution in [3.8, 4) is 5.75 Å². The van der Waals surface area contributed by atoms with Crippen molar-refractivity contribution in [1.29, 1.82) is 0 Å². The average Bonchev–Trinajstić information content (AvgIpc) is 3.07. The molecule has 1 aromatic carbocycles. The molecular weight excluding hydrogens is 392 g/mol. The fourth-order valence-corrected chi connectivity index (χ4v) is 4.70. The van der Waals surface area contributed by atoms with E-state index in [2.05, 4.69) is 10.4 Å². The highest BCUT2D eigenvalue weighted by molar-refractivity contribution is 5.97. The van der Waals surface area contributed by atoms with Crippen molar-refractivity contribution < 1.29 is 14.3 Å². The van der Waals surface area contributed by atoms with Gasteiger partial charge in [0.25, 0.3) is 5.91 Å². The van der Waals surface area contributed by atoms with Gasteiger partial charge in [-0.05, 0) is 57.2 Å². The second kappa shape index (κ2) is 9.54. The number of aromatic nitrogens is 2. The predicted octanol–water partition coefficient (Wildman–Crippen LogP) is 3.10. The molecule has 2 aromatic rings. The zero-order valence-corrected chi connectivity index (χ0v) is 18.5. The summed E-state index contributed by atoms with van der Waals surface area (Å²) in [5.41, 5.74) is 2.51. The second-order valence-corrected chi connectivity index (χ2v) is 8.75. The number of ether oxygens (including phenoxy) is 1. The van der Waals surface area contributed by atoms with Crippen molar-refractivity contribution >= 4 is 11.8 Å². The van der Waals surface area contributed by atoms with Crippen LogP contribution in [0.3, 0.4) is 0 Å². The molecule has 2 atom stereocenters. The Morgan fingerprint density at radius 1 is 1.19 bits per heavy atom. The molecule has 0 unspecified atom stereocenters.